The average molecular weight is 622 g/mol. The smallest absolute Gasteiger partial charge is 0.308 e. The number of hydrogen-bond acceptors (Lipinski definition) is 8. The molecule has 12 heteroatoms. The summed E-state index contributed by atoms with van der Waals surface area (Å²) in [5.74, 6) is -1.57. The van der Waals surface area contributed by atoms with E-state index in [1.165, 1.54) is 23.7 Å². The summed E-state index contributed by atoms with van der Waals surface area (Å²) in [4.78, 5) is 55.7. The molecule has 0 spiro atoms. The molecule has 0 bridgehead atoms. The molecule has 42 heavy (non-hydrogen) atoms. The van der Waals surface area contributed by atoms with Crippen molar-refractivity contribution in [3.05, 3.63) is 97.9 Å². The lowest BCUT2D eigenvalue weighted by molar-refractivity contribution is -0.122. The van der Waals surface area contributed by atoms with Gasteiger partial charge in [-0.3, -0.25) is 23.7 Å². The Hall–Kier alpha value is -4.06. The number of thioether (sulfide) groups is 1. The lowest BCUT2D eigenvalue weighted by Gasteiger charge is -2.31. The molecule has 0 saturated carbocycles. The zero-order valence-corrected chi connectivity index (χ0v) is 24.8. The van der Waals surface area contributed by atoms with Crippen molar-refractivity contribution in [3.63, 3.8) is 0 Å². The monoisotopic (exact) mass is 621 g/mol. The van der Waals surface area contributed by atoms with Crippen molar-refractivity contribution in [2.24, 2.45) is 5.92 Å². The fraction of sp³-hybridized carbons (Fsp3) is 0.200. The molecule has 3 aromatic carbocycles. The second-order valence-corrected chi connectivity index (χ2v) is 12.2. The van der Waals surface area contributed by atoms with Crippen molar-refractivity contribution >= 4 is 63.8 Å². The number of nitrogens with zero attached hydrogens (tertiary/aromatic N) is 2. The third-order valence-electron chi connectivity index (χ3n) is 7.26. The second kappa shape index (κ2) is 11.3. The summed E-state index contributed by atoms with van der Waals surface area (Å²) in [6.45, 7) is -0.263. The van der Waals surface area contributed by atoms with Crippen LogP contribution in [0.1, 0.15) is 16.4 Å². The molecule has 2 aliphatic rings. The van der Waals surface area contributed by atoms with E-state index in [1.54, 1.807) is 60.7 Å². The van der Waals surface area contributed by atoms with Crippen LogP contribution in [0.5, 0.6) is 11.5 Å². The number of methoxy groups -OCH3 is 2. The molecule has 1 N–H and O–H groups in total. The molecule has 3 atom stereocenters. The van der Waals surface area contributed by atoms with Gasteiger partial charge in [-0.05, 0) is 54.1 Å². The number of anilines is 2. The molecule has 1 saturated heterocycles. The van der Waals surface area contributed by atoms with E-state index in [4.69, 9.17) is 21.1 Å². The van der Waals surface area contributed by atoms with Crippen LogP contribution in [-0.2, 0) is 20.9 Å². The first kappa shape index (κ1) is 28.1. The molecule has 1 aromatic heterocycles. The van der Waals surface area contributed by atoms with E-state index in [2.05, 4.69) is 5.32 Å². The minimum Gasteiger partial charge on any atom is -0.493 e. The van der Waals surface area contributed by atoms with Crippen molar-refractivity contribution in [1.29, 1.82) is 0 Å². The van der Waals surface area contributed by atoms with Crippen molar-refractivity contribution < 1.29 is 23.9 Å². The van der Waals surface area contributed by atoms with Crippen molar-refractivity contribution in [3.8, 4) is 11.5 Å². The van der Waals surface area contributed by atoms with Crippen molar-refractivity contribution in [2.75, 3.05) is 24.4 Å². The van der Waals surface area contributed by atoms with Crippen LogP contribution in [0.15, 0.2) is 82.6 Å². The molecule has 0 aliphatic carbocycles. The molecule has 4 aromatic rings. The minimum absolute atomic E-state index is 0.263. The number of para-hydroxylation sites is 1. The van der Waals surface area contributed by atoms with Crippen LogP contribution in [0, 0.1) is 5.92 Å². The number of hydrogen-bond donors (Lipinski definition) is 1. The van der Waals surface area contributed by atoms with Gasteiger partial charge in [-0.25, -0.2) is 4.90 Å². The quantitative estimate of drug-likeness (QED) is 0.289. The number of halogens is 1. The third-order valence-corrected chi connectivity index (χ3v) is 10.1. The maximum absolute atomic E-state index is 14.0. The maximum Gasteiger partial charge on any atom is 0.308 e. The normalized spacial score (nSPS) is 19.3. The van der Waals surface area contributed by atoms with Gasteiger partial charge < -0.3 is 14.8 Å². The van der Waals surface area contributed by atoms with E-state index in [-0.39, 0.29) is 23.2 Å². The van der Waals surface area contributed by atoms with E-state index < -0.39 is 23.0 Å². The highest BCUT2D eigenvalue weighted by Gasteiger charge is 2.57. The molecular formula is C30H24ClN3O6S2. The van der Waals surface area contributed by atoms with Crippen LogP contribution < -0.4 is 24.6 Å². The van der Waals surface area contributed by atoms with Crippen LogP contribution in [0.2, 0.25) is 5.02 Å². The highest BCUT2D eigenvalue weighted by molar-refractivity contribution is 8.00. The Morgan fingerprint density at radius 3 is 2.33 bits per heavy atom. The Balaban J connectivity index is 1.43. The van der Waals surface area contributed by atoms with E-state index in [0.717, 1.165) is 23.1 Å². The zero-order valence-electron chi connectivity index (χ0n) is 22.4. The molecule has 3 amide bonds. The number of benzene rings is 3. The predicted octanol–water partition coefficient (Wildman–Crippen LogP) is 5.01. The summed E-state index contributed by atoms with van der Waals surface area (Å²) in [5.41, 5.74) is 1.71. The number of carbonyl (C=O) groups excluding carboxylic acids is 3. The number of amides is 3. The highest BCUT2D eigenvalue weighted by Crippen LogP contribution is 2.54. The van der Waals surface area contributed by atoms with Gasteiger partial charge in [0.1, 0.15) is 11.8 Å². The molecule has 3 heterocycles. The van der Waals surface area contributed by atoms with E-state index in [0.29, 0.717) is 43.4 Å². The number of fused-ring (bicyclic) bond motifs is 2. The topological polar surface area (TPSA) is 107 Å². The second-order valence-electron chi connectivity index (χ2n) is 9.68. The molecule has 6 rings (SSSR count). The number of thiazole rings is 1. The fourth-order valence-electron chi connectivity index (χ4n) is 5.37. The van der Waals surface area contributed by atoms with Crippen LogP contribution in [0.25, 0.3) is 0 Å². The lowest BCUT2D eigenvalue weighted by atomic mass is 9.83. The van der Waals surface area contributed by atoms with Crippen LogP contribution in [0.4, 0.5) is 11.4 Å². The first-order valence-corrected chi connectivity index (χ1v) is 15.0. The van der Waals surface area contributed by atoms with Gasteiger partial charge in [-0.15, -0.1) is 0 Å². The highest BCUT2D eigenvalue weighted by atomic mass is 35.5. The molecule has 0 radical (unpaired) electrons. The maximum atomic E-state index is 14.0. The average Bonchev–Trinajstić information content (AvgIpc) is 3.44. The molecule has 1 fully saturated rings. The summed E-state index contributed by atoms with van der Waals surface area (Å²) >= 11 is 8.09. The van der Waals surface area contributed by atoms with Gasteiger partial charge >= 0.3 is 4.87 Å². The Kier molecular flexibility index (Phi) is 7.56. The van der Waals surface area contributed by atoms with E-state index in [1.807, 2.05) is 12.1 Å². The zero-order chi connectivity index (χ0) is 29.5. The van der Waals surface area contributed by atoms with E-state index >= 15 is 0 Å². The number of ether oxygens (including phenoxy) is 2. The van der Waals surface area contributed by atoms with Gasteiger partial charge in [0.25, 0.3) is 0 Å². The summed E-state index contributed by atoms with van der Waals surface area (Å²) in [7, 11) is 3.04. The molecular weight excluding hydrogens is 598 g/mol. The third kappa shape index (κ3) is 4.87. The van der Waals surface area contributed by atoms with Gasteiger partial charge in [0, 0.05) is 21.5 Å². The number of carbonyl (C=O) groups is 3. The van der Waals surface area contributed by atoms with Crippen LogP contribution in [-0.4, -0.2) is 41.8 Å². The Bertz CT molecular complexity index is 1760. The van der Waals surface area contributed by atoms with Crippen LogP contribution >= 0.6 is 34.7 Å². The van der Waals surface area contributed by atoms with Gasteiger partial charge in [-0.2, -0.15) is 0 Å². The van der Waals surface area contributed by atoms with Crippen molar-refractivity contribution in [1.82, 2.24) is 4.57 Å². The van der Waals surface area contributed by atoms with Crippen molar-refractivity contribution in [2.45, 2.75) is 22.7 Å². The van der Waals surface area contributed by atoms with Gasteiger partial charge in [0.2, 0.25) is 17.7 Å². The Morgan fingerprint density at radius 2 is 1.64 bits per heavy atom. The molecule has 0 unspecified atom stereocenters. The summed E-state index contributed by atoms with van der Waals surface area (Å²) in [6, 6.07) is 20.7. The Morgan fingerprint density at radius 1 is 0.929 bits per heavy atom. The van der Waals surface area contributed by atoms with Crippen LogP contribution in [0.3, 0.4) is 0 Å². The largest absolute Gasteiger partial charge is 0.493 e. The molecule has 2 aliphatic heterocycles. The first-order valence-electron chi connectivity index (χ1n) is 12.9. The lowest BCUT2D eigenvalue weighted by Crippen LogP contribution is -2.33. The minimum atomic E-state index is -0.803. The summed E-state index contributed by atoms with van der Waals surface area (Å²) < 4.78 is 12.3. The first-order chi connectivity index (χ1) is 20.3. The Labute approximate surface area is 254 Å². The number of aromatic nitrogens is 1. The summed E-state index contributed by atoms with van der Waals surface area (Å²) in [5, 5.41) is 3.00. The standard InChI is InChI=1S/C30H24ClN3O6S2/c1-39-20-13-8-16(14-21(20)40-2)23-24-25(28(37)34(27(24)36)19-6-4-3-5-7-19)41-29-26(23)42-30(38)33(29)15-22(35)32-18-11-9-17(31)10-12-18/h3-14,23-25H,15H2,1-2H3,(H,32,35)/t23-,24-,25+/m0/s1. The molecule has 214 valence electrons. The molecule has 9 nitrogen and oxygen atoms in total. The number of imide groups is 1. The number of nitrogens with one attached hydrogen (secondary N) is 1. The van der Waals surface area contributed by atoms with Gasteiger partial charge in [-0.1, -0.05) is 59.0 Å². The predicted molar refractivity (Wildman–Crippen MR) is 162 cm³/mol. The van der Waals surface area contributed by atoms with Gasteiger partial charge in [0.05, 0.1) is 30.9 Å². The van der Waals surface area contributed by atoms with Gasteiger partial charge in [0.15, 0.2) is 11.5 Å². The van der Waals surface area contributed by atoms with E-state index in [9.17, 15) is 19.2 Å². The SMILES string of the molecule is COc1ccc([C@@H]2c3sc(=O)n(CC(=O)Nc4ccc(Cl)cc4)c3S[C@H]3C(=O)N(c4ccccc4)C(=O)[C@@H]23)cc1OC. The number of rotatable bonds is 7. The fourth-order valence-corrected chi connectivity index (χ4v) is 8.27. The summed E-state index contributed by atoms with van der Waals surface area (Å²) in [6.07, 6.45) is 0.